The highest BCUT2D eigenvalue weighted by Gasteiger charge is 2.39. The van der Waals surface area contributed by atoms with Crippen LogP contribution in [0.5, 0.6) is 5.75 Å². The zero-order chi connectivity index (χ0) is 14.1. The third kappa shape index (κ3) is 3.20. The van der Waals surface area contributed by atoms with Gasteiger partial charge < -0.3 is 10.5 Å². The maximum absolute atomic E-state index is 6.15. The lowest BCUT2D eigenvalue weighted by Gasteiger charge is -2.23. The average Bonchev–Trinajstić information content (AvgIpc) is 2.99. The van der Waals surface area contributed by atoms with Crippen LogP contribution in [0.3, 0.4) is 0 Å². The van der Waals surface area contributed by atoms with Crippen molar-refractivity contribution in [2.45, 2.75) is 45.1 Å². The zero-order valence-corrected chi connectivity index (χ0v) is 13.7. The van der Waals surface area contributed by atoms with Gasteiger partial charge in [-0.25, -0.2) is 0 Å². The van der Waals surface area contributed by atoms with Crippen LogP contribution >= 0.6 is 15.9 Å². The van der Waals surface area contributed by atoms with Gasteiger partial charge in [0.2, 0.25) is 0 Å². The van der Waals surface area contributed by atoms with E-state index >= 15 is 0 Å². The summed E-state index contributed by atoms with van der Waals surface area (Å²) < 4.78 is 7.25. The van der Waals surface area contributed by atoms with Gasteiger partial charge in [-0.3, -0.25) is 0 Å². The summed E-state index contributed by atoms with van der Waals surface area (Å²) in [4.78, 5) is 0. The van der Waals surface area contributed by atoms with E-state index in [9.17, 15) is 0 Å². The molecule has 2 saturated carbocycles. The lowest BCUT2D eigenvalue weighted by Crippen LogP contribution is -2.21. The van der Waals surface area contributed by atoms with Gasteiger partial charge in [-0.2, -0.15) is 0 Å². The first-order chi connectivity index (χ1) is 9.61. The Labute approximate surface area is 130 Å². The third-order valence-corrected chi connectivity index (χ3v) is 5.40. The van der Waals surface area contributed by atoms with Gasteiger partial charge in [0.1, 0.15) is 5.75 Å². The Bertz CT molecular complexity index is 474. The first-order valence-electron chi connectivity index (χ1n) is 7.78. The van der Waals surface area contributed by atoms with Crippen LogP contribution in [0.15, 0.2) is 22.7 Å². The van der Waals surface area contributed by atoms with Crippen molar-refractivity contribution in [1.29, 1.82) is 0 Å². The molecule has 2 bridgehead atoms. The van der Waals surface area contributed by atoms with Crippen LogP contribution in [0, 0.1) is 17.8 Å². The average molecular weight is 338 g/mol. The molecule has 0 aliphatic heterocycles. The first kappa shape index (κ1) is 14.4. The lowest BCUT2D eigenvalue weighted by atomic mass is 9.89. The molecule has 1 aromatic carbocycles. The number of rotatable bonds is 5. The second-order valence-corrected chi connectivity index (χ2v) is 7.60. The molecule has 2 aliphatic rings. The molecule has 0 radical (unpaired) electrons. The van der Waals surface area contributed by atoms with Gasteiger partial charge in [0.25, 0.3) is 0 Å². The number of halogens is 1. The van der Waals surface area contributed by atoms with Crippen LogP contribution in [0.1, 0.15) is 38.2 Å². The van der Waals surface area contributed by atoms with Crippen molar-refractivity contribution >= 4 is 15.9 Å². The van der Waals surface area contributed by atoms with Crippen LogP contribution in [0.25, 0.3) is 0 Å². The van der Waals surface area contributed by atoms with E-state index in [0.717, 1.165) is 41.0 Å². The van der Waals surface area contributed by atoms with Gasteiger partial charge in [-0.15, -0.1) is 0 Å². The molecule has 4 atom stereocenters. The summed E-state index contributed by atoms with van der Waals surface area (Å²) in [6.07, 6.45) is 6.57. The van der Waals surface area contributed by atoms with Gasteiger partial charge in [0.15, 0.2) is 0 Å². The molecule has 0 saturated heterocycles. The standard InChI is InChI=1S/C17H24BrNO/c1-11(19)6-14-9-16(18)4-5-17(14)20-10-15-8-12-2-3-13(15)7-12/h4-5,9,11-13,15H,2-3,6-8,10,19H2,1H3. The van der Waals surface area contributed by atoms with E-state index in [0.29, 0.717) is 0 Å². The van der Waals surface area contributed by atoms with Crippen molar-refractivity contribution in [3.63, 3.8) is 0 Å². The van der Waals surface area contributed by atoms with Crippen LogP contribution in [0.2, 0.25) is 0 Å². The largest absolute Gasteiger partial charge is 0.493 e. The molecule has 4 unspecified atom stereocenters. The second kappa shape index (κ2) is 6.07. The highest BCUT2D eigenvalue weighted by molar-refractivity contribution is 9.10. The summed E-state index contributed by atoms with van der Waals surface area (Å²) in [5.41, 5.74) is 7.16. The van der Waals surface area contributed by atoms with E-state index in [1.54, 1.807) is 0 Å². The molecular weight excluding hydrogens is 314 g/mol. The summed E-state index contributed by atoms with van der Waals surface area (Å²) in [5.74, 6) is 3.71. The third-order valence-electron chi connectivity index (χ3n) is 4.90. The number of fused-ring (bicyclic) bond motifs is 2. The van der Waals surface area contributed by atoms with Crippen LogP contribution in [-0.4, -0.2) is 12.6 Å². The molecule has 3 heteroatoms. The first-order valence-corrected chi connectivity index (χ1v) is 8.58. The van der Waals surface area contributed by atoms with Crippen molar-refractivity contribution < 1.29 is 4.74 Å². The van der Waals surface area contributed by atoms with Crippen molar-refractivity contribution in [1.82, 2.24) is 0 Å². The quantitative estimate of drug-likeness (QED) is 0.875. The zero-order valence-electron chi connectivity index (χ0n) is 12.1. The van der Waals surface area contributed by atoms with E-state index < -0.39 is 0 Å². The van der Waals surface area contributed by atoms with Crippen molar-refractivity contribution in [3.8, 4) is 5.75 Å². The molecule has 3 rings (SSSR count). The predicted molar refractivity (Wildman–Crippen MR) is 85.9 cm³/mol. The molecule has 0 amide bonds. The van der Waals surface area contributed by atoms with Crippen molar-refractivity contribution in [2.75, 3.05) is 6.61 Å². The maximum Gasteiger partial charge on any atom is 0.122 e. The van der Waals surface area contributed by atoms with Crippen LogP contribution in [0.4, 0.5) is 0 Å². The second-order valence-electron chi connectivity index (χ2n) is 6.68. The van der Waals surface area contributed by atoms with Gasteiger partial charge in [-0.1, -0.05) is 22.4 Å². The van der Waals surface area contributed by atoms with E-state index in [1.807, 2.05) is 6.92 Å². The molecular formula is C17H24BrNO. The molecule has 2 aliphatic carbocycles. The minimum absolute atomic E-state index is 0.161. The van der Waals surface area contributed by atoms with Crippen LogP contribution in [-0.2, 0) is 6.42 Å². The van der Waals surface area contributed by atoms with E-state index in [-0.39, 0.29) is 6.04 Å². The minimum atomic E-state index is 0.161. The van der Waals surface area contributed by atoms with Gasteiger partial charge in [0, 0.05) is 10.5 Å². The Morgan fingerprint density at radius 3 is 2.85 bits per heavy atom. The maximum atomic E-state index is 6.15. The summed E-state index contributed by atoms with van der Waals surface area (Å²) >= 11 is 3.53. The van der Waals surface area contributed by atoms with E-state index in [1.165, 1.54) is 31.2 Å². The minimum Gasteiger partial charge on any atom is -0.493 e. The SMILES string of the molecule is CC(N)Cc1cc(Br)ccc1OCC1CC2CCC1C2. The Balaban J connectivity index is 1.64. The number of hydrogen-bond donors (Lipinski definition) is 1. The van der Waals surface area contributed by atoms with Crippen molar-refractivity contribution in [2.24, 2.45) is 23.5 Å². The summed E-state index contributed by atoms with van der Waals surface area (Å²) in [5, 5.41) is 0. The van der Waals surface area contributed by atoms with Gasteiger partial charge in [-0.05, 0) is 74.1 Å². The van der Waals surface area contributed by atoms with E-state index in [4.69, 9.17) is 10.5 Å². The number of hydrogen-bond acceptors (Lipinski definition) is 2. The molecule has 20 heavy (non-hydrogen) atoms. The predicted octanol–water partition coefficient (Wildman–Crippen LogP) is 4.15. The lowest BCUT2D eigenvalue weighted by molar-refractivity contribution is 0.194. The fraction of sp³-hybridized carbons (Fsp3) is 0.647. The summed E-state index contributed by atoms with van der Waals surface area (Å²) in [6, 6.07) is 6.43. The smallest absolute Gasteiger partial charge is 0.122 e. The van der Waals surface area contributed by atoms with Crippen LogP contribution < -0.4 is 10.5 Å². The molecule has 0 spiro atoms. The molecule has 0 aromatic heterocycles. The highest BCUT2D eigenvalue weighted by atomic mass is 79.9. The summed E-state index contributed by atoms with van der Waals surface area (Å²) in [7, 11) is 0. The normalized spacial score (nSPS) is 29.6. The number of benzene rings is 1. The monoisotopic (exact) mass is 337 g/mol. The summed E-state index contributed by atoms with van der Waals surface area (Å²) in [6.45, 7) is 2.93. The molecule has 2 nitrogen and oxygen atoms in total. The topological polar surface area (TPSA) is 35.2 Å². The van der Waals surface area contributed by atoms with E-state index in [2.05, 4.69) is 34.1 Å². The number of nitrogens with two attached hydrogens (primary N) is 1. The van der Waals surface area contributed by atoms with Crippen molar-refractivity contribution in [3.05, 3.63) is 28.2 Å². The number of ether oxygens (including phenoxy) is 1. The Morgan fingerprint density at radius 1 is 1.35 bits per heavy atom. The highest BCUT2D eigenvalue weighted by Crippen LogP contribution is 2.48. The fourth-order valence-corrected chi connectivity index (χ4v) is 4.38. The molecule has 0 heterocycles. The molecule has 1 aromatic rings. The molecule has 2 fully saturated rings. The molecule has 110 valence electrons. The van der Waals surface area contributed by atoms with Gasteiger partial charge in [0.05, 0.1) is 6.61 Å². The van der Waals surface area contributed by atoms with Gasteiger partial charge >= 0.3 is 0 Å². The Kier molecular flexibility index (Phi) is 4.37. The Morgan fingerprint density at radius 2 is 2.20 bits per heavy atom. The molecule has 2 N–H and O–H groups in total. The fourth-order valence-electron chi connectivity index (χ4n) is 3.97. The Hall–Kier alpha value is -0.540.